The van der Waals surface area contributed by atoms with E-state index in [0.717, 1.165) is 48.5 Å². The monoisotopic (exact) mass is 396 g/mol. The van der Waals surface area contributed by atoms with E-state index in [9.17, 15) is 0 Å². The van der Waals surface area contributed by atoms with Crippen LogP contribution in [0.2, 0.25) is 0 Å². The molecule has 0 aromatic heterocycles. The number of thioether (sulfide) groups is 1. The highest BCUT2D eigenvalue weighted by atomic mass is 32.2. The normalized spacial score (nSPS) is 22.8. The summed E-state index contributed by atoms with van der Waals surface area (Å²) in [6.45, 7) is 6.36. The minimum absolute atomic E-state index is 0.325. The Morgan fingerprint density at radius 1 is 0.964 bits per heavy atom. The molecule has 0 saturated carbocycles. The van der Waals surface area contributed by atoms with Crippen molar-refractivity contribution in [3.8, 4) is 5.75 Å². The van der Waals surface area contributed by atoms with Gasteiger partial charge in [0.2, 0.25) is 0 Å². The van der Waals surface area contributed by atoms with Crippen molar-refractivity contribution in [2.45, 2.75) is 13.0 Å². The van der Waals surface area contributed by atoms with Crippen LogP contribution in [0.4, 0.5) is 5.69 Å². The molecule has 1 unspecified atom stereocenters. The van der Waals surface area contributed by atoms with Crippen molar-refractivity contribution in [3.63, 3.8) is 0 Å². The summed E-state index contributed by atoms with van der Waals surface area (Å²) in [7, 11) is 3.88. The summed E-state index contributed by atoms with van der Waals surface area (Å²) in [5.41, 5.74) is 3.62. The molecule has 2 aromatic carbocycles. The zero-order chi connectivity index (χ0) is 19.5. The molecule has 2 heterocycles. The molecular weight excluding hydrogens is 368 g/mol. The van der Waals surface area contributed by atoms with Gasteiger partial charge in [-0.25, -0.2) is 10.0 Å². The van der Waals surface area contributed by atoms with Gasteiger partial charge in [0.1, 0.15) is 5.75 Å². The van der Waals surface area contributed by atoms with E-state index in [-0.39, 0.29) is 0 Å². The van der Waals surface area contributed by atoms with Gasteiger partial charge in [-0.15, -0.1) is 0 Å². The van der Waals surface area contributed by atoms with E-state index in [4.69, 9.17) is 9.73 Å². The third kappa shape index (κ3) is 4.19. The number of aliphatic imine (C=N–C) groups is 1. The first-order chi connectivity index (χ1) is 13.6. The van der Waals surface area contributed by atoms with Crippen LogP contribution in [0.3, 0.4) is 0 Å². The molecule has 0 spiro atoms. The van der Waals surface area contributed by atoms with Crippen molar-refractivity contribution in [1.29, 1.82) is 0 Å². The maximum Gasteiger partial charge on any atom is 0.179 e. The van der Waals surface area contributed by atoms with Crippen molar-refractivity contribution in [1.82, 2.24) is 14.9 Å². The van der Waals surface area contributed by atoms with Gasteiger partial charge in [-0.3, -0.25) is 5.01 Å². The van der Waals surface area contributed by atoms with Gasteiger partial charge in [0, 0.05) is 31.9 Å². The molecule has 0 N–H and O–H groups in total. The van der Waals surface area contributed by atoms with Gasteiger partial charge in [0.25, 0.3) is 0 Å². The number of piperazine rings is 1. The lowest BCUT2D eigenvalue weighted by atomic mass is 10.1. The molecule has 5 nitrogen and oxygen atoms in total. The van der Waals surface area contributed by atoms with Crippen LogP contribution in [0.5, 0.6) is 5.75 Å². The molecule has 6 heteroatoms. The Morgan fingerprint density at radius 2 is 1.64 bits per heavy atom. The van der Waals surface area contributed by atoms with E-state index in [1.54, 1.807) is 7.11 Å². The maximum atomic E-state index is 5.27. The third-order valence-electron chi connectivity index (χ3n) is 5.41. The molecule has 2 aliphatic heterocycles. The summed E-state index contributed by atoms with van der Waals surface area (Å²) in [6, 6.07) is 17.3. The lowest BCUT2D eigenvalue weighted by Gasteiger charge is -2.41. The number of hydrogen-bond acceptors (Lipinski definition) is 5. The lowest BCUT2D eigenvalue weighted by Crippen LogP contribution is -2.53. The van der Waals surface area contributed by atoms with Gasteiger partial charge in [0.05, 0.1) is 18.8 Å². The predicted molar refractivity (Wildman–Crippen MR) is 117 cm³/mol. The van der Waals surface area contributed by atoms with Crippen molar-refractivity contribution in [2.24, 2.45) is 4.99 Å². The van der Waals surface area contributed by atoms with E-state index < -0.39 is 0 Å². The fraction of sp³-hybridized carbons (Fsp3) is 0.409. The number of amidine groups is 1. The summed E-state index contributed by atoms with van der Waals surface area (Å²) in [5, 5.41) is 6.00. The first-order valence-electron chi connectivity index (χ1n) is 9.79. The van der Waals surface area contributed by atoms with E-state index >= 15 is 0 Å². The molecule has 0 radical (unpaired) electrons. The van der Waals surface area contributed by atoms with Crippen LogP contribution in [0.1, 0.15) is 17.2 Å². The van der Waals surface area contributed by atoms with E-state index in [2.05, 4.69) is 53.2 Å². The summed E-state index contributed by atoms with van der Waals surface area (Å²) in [6.07, 6.45) is 0. The summed E-state index contributed by atoms with van der Waals surface area (Å²) in [5.74, 6) is 1.88. The van der Waals surface area contributed by atoms with Gasteiger partial charge < -0.3 is 9.64 Å². The molecule has 2 fully saturated rings. The second-order valence-corrected chi connectivity index (χ2v) is 8.42. The molecular formula is C22H28N4OS. The standard InChI is InChI=1S/C22H28N4OS/c1-17-4-6-18(7-5-17)21-16-28-22(23-19-8-10-20(27-3)11-9-19)26(21)25-14-12-24(2)13-15-25/h4-11,21H,12-16H2,1-3H3. The number of likely N-dealkylation sites (N-methyl/N-ethyl adjacent to an activating group) is 1. The zero-order valence-corrected chi connectivity index (χ0v) is 17.7. The molecule has 0 bridgehead atoms. The molecule has 148 valence electrons. The first-order valence-corrected chi connectivity index (χ1v) is 10.8. The Morgan fingerprint density at radius 3 is 2.29 bits per heavy atom. The molecule has 1 atom stereocenters. The van der Waals surface area contributed by atoms with Crippen molar-refractivity contribution in [3.05, 3.63) is 59.7 Å². The van der Waals surface area contributed by atoms with Crippen LogP contribution in [0, 0.1) is 6.92 Å². The zero-order valence-electron chi connectivity index (χ0n) is 16.8. The molecule has 0 amide bonds. The Labute approximate surface area is 172 Å². The highest BCUT2D eigenvalue weighted by molar-refractivity contribution is 8.14. The second kappa shape index (κ2) is 8.55. The van der Waals surface area contributed by atoms with Gasteiger partial charge in [-0.05, 0) is 43.8 Å². The first kappa shape index (κ1) is 19.3. The van der Waals surface area contributed by atoms with Gasteiger partial charge in [-0.2, -0.15) is 0 Å². The number of hydrogen-bond donors (Lipinski definition) is 0. The Hall–Kier alpha value is -2.02. The molecule has 0 aliphatic carbocycles. The molecule has 4 rings (SSSR count). The van der Waals surface area contributed by atoms with Crippen LogP contribution in [-0.2, 0) is 0 Å². The van der Waals surface area contributed by atoms with Crippen LogP contribution < -0.4 is 4.74 Å². The summed E-state index contributed by atoms with van der Waals surface area (Å²) < 4.78 is 5.27. The van der Waals surface area contributed by atoms with Crippen LogP contribution in [0.25, 0.3) is 0 Å². The predicted octanol–water partition coefficient (Wildman–Crippen LogP) is 3.94. The largest absolute Gasteiger partial charge is 0.497 e. The summed E-state index contributed by atoms with van der Waals surface area (Å²) in [4.78, 5) is 7.39. The maximum absolute atomic E-state index is 5.27. The highest BCUT2D eigenvalue weighted by Gasteiger charge is 2.36. The highest BCUT2D eigenvalue weighted by Crippen LogP contribution is 2.38. The lowest BCUT2D eigenvalue weighted by molar-refractivity contribution is -0.0151. The molecule has 2 aromatic rings. The Bertz CT molecular complexity index is 813. The number of methoxy groups -OCH3 is 1. The number of nitrogens with zero attached hydrogens (tertiary/aromatic N) is 4. The molecule has 2 aliphatic rings. The average Bonchev–Trinajstić information content (AvgIpc) is 3.13. The van der Waals surface area contributed by atoms with E-state index in [1.165, 1.54) is 11.1 Å². The number of benzene rings is 2. The van der Waals surface area contributed by atoms with E-state index in [0.29, 0.717) is 6.04 Å². The van der Waals surface area contributed by atoms with Crippen molar-refractivity contribution >= 4 is 22.6 Å². The quantitative estimate of drug-likeness (QED) is 0.781. The fourth-order valence-electron chi connectivity index (χ4n) is 3.63. The van der Waals surface area contributed by atoms with Crippen LogP contribution in [-0.4, -0.2) is 66.2 Å². The molecule has 2 saturated heterocycles. The van der Waals surface area contributed by atoms with Crippen molar-refractivity contribution < 1.29 is 4.74 Å². The van der Waals surface area contributed by atoms with Crippen LogP contribution in [0.15, 0.2) is 53.5 Å². The van der Waals surface area contributed by atoms with Gasteiger partial charge in [-0.1, -0.05) is 41.6 Å². The Kier molecular flexibility index (Phi) is 5.90. The number of hydrazine groups is 1. The fourth-order valence-corrected chi connectivity index (χ4v) is 4.82. The van der Waals surface area contributed by atoms with Gasteiger partial charge >= 0.3 is 0 Å². The smallest absolute Gasteiger partial charge is 0.179 e. The van der Waals surface area contributed by atoms with Gasteiger partial charge in [0.15, 0.2) is 5.17 Å². The minimum atomic E-state index is 0.325. The average molecular weight is 397 g/mol. The number of aryl methyl sites for hydroxylation is 1. The minimum Gasteiger partial charge on any atom is -0.497 e. The topological polar surface area (TPSA) is 31.3 Å². The third-order valence-corrected chi connectivity index (χ3v) is 6.42. The SMILES string of the molecule is COc1ccc(N=C2SCC(c3ccc(C)cc3)N2N2CCN(C)CC2)cc1. The Balaban J connectivity index is 1.64. The summed E-state index contributed by atoms with van der Waals surface area (Å²) >= 11 is 1.85. The molecule has 28 heavy (non-hydrogen) atoms. The van der Waals surface area contributed by atoms with Crippen LogP contribution >= 0.6 is 11.8 Å². The van der Waals surface area contributed by atoms with Crippen molar-refractivity contribution in [2.75, 3.05) is 46.1 Å². The number of rotatable bonds is 4. The van der Waals surface area contributed by atoms with E-state index in [1.807, 2.05) is 36.0 Å². The number of ether oxygens (including phenoxy) is 1. The second-order valence-electron chi connectivity index (χ2n) is 7.43.